The predicted molar refractivity (Wildman–Crippen MR) is 92.7 cm³/mol. The third-order valence-corrected chi connectivity index (χ3v) is 5.29. The Morgan fingerprint density at radius 3 is 2.95 bits per heavy atom. The maximum Gasteiger partial charge on any atom is 0.262 e. The minimum Gasteiger partial charge on any atom is -0.375 e. The molecule has 0 saturated heterocycles. The SMILES string of the molecule is CCCc1cc2c(=O)n(CCCc3csc(N)n3)cnc2s1. The highest BCUT2D eigenvalue weighted by Crippen LogP contribution is 2.22. The molecular weight excluding hydrogens is 316 g/mol. The summed E-state index contributed by atoms with van der Waals surface area (Å²) in [5.74, 6) is 0. The molecule has 116 valence electrons. The van der Waals surface area contributed by atoms with Crippen molar-refractivity contribution in [3.63, 3.8) is 0 Å². The number of thiazole rings is 1. The molecule has 0 saturated carbocycles. The highest BCUT2D eigenvalue weighted by molar-refractivity contribution is 7.18. The Labute approximate surface area is 136 Å². The van der Waals surface area contributed by atoms with Crippen LogP contribution in [0.5, 0.6) is 0 Å². The summed E-state index contributed by atoms with van der Waals surface area (Å²) in [5, 5.41) is 3.31. The normalized spacial score (nSPS) is 11.3. The zero-order valence-corrected chi connectivity index (χ0v) is 14.0. The molecule has 0 bridgehead atoms. The summed E-state index contributed by atoms with van der Waals surface area (Å²) in [4.78, 5) is 23.2. The fraction of sp³-hybridized carbons (Fsp3) is 0.400. The van der Waals surface area contributed by atoms with Crippen molar-refractivity contribution in [2.24, 2.45) is 0 Å². The van der Waals surface area contributed by atoms with Crippen molar-refractivity contribution in [1.29, 1.82) is 0 Å². The van der Waals surface area contributed by atoms with Gasteiger partial charge in [0.1, 0.15) is 4.83 Å². The first-order valence-corrected chi connectivity index (χ1v) is 9.04. The van der Waals surface area contributed by atoms with Crippen molar-refractivity contribution in [3.05, 3.63) is 38.7 Å². The first-order valence-electron chi connectivity index (χ1n) is 7.35. The third-order valence-electron chi connectivity index (χ3n) is 3.47. The fourth-order valence-corrected chi connectivity index (χ4v) is 4.09. The van der Waals surface area contributed by atoms with Crippen LogP contribution in [0.15, 0.2) is 22.6 Å². The molecule has 2 N–H and O–H groups in total. The molecule has 0 aliphatic rings. The summed E-state index contributed by atoms with van der Waals surface area (Å²) in [6.07, 6.45) is 5.42. The van der Waals surface area contributed by atoms with Gasteiger partial charge < -0.3 is 5.73 Å². The summed E-state index contributed by atoms with van der Waals surface area (Å²) >= 11 is 3.07. The minimum absolute atomic E-state index is 0.0568. The molecule has 5 nitrogen and oxygen atoms in total. The molecule has 0 spiro atoms. The third kappa shape index (κ3) is 3.20. The number of anilines is 1. The van der Waals surface area contributed by atoms with Gasteiger partial charge in [-0.05, 0) is 25.3 Å². The number of aromatic nitrogens is 3. The standard InChI is InChI=1S/C15H18N4OS2/c1-2-4-11-7-12-13(22-11)17-9-19(14(12)20)6-3-5-10-8-21-15(16)18-10/h7-9H,2-6H2,1H3,(H2,16,18). The molecule has 0 aliphatic carbocycles. The molecule has 0 unspecified atom stereocenters. The van der Waals surface area contributed by atoms with Gasteiger partial charge in [-0.1, -0.05) is 13.3 Å². The van der Waals surface area contributed by atoms with E-state index >= 15 is 0 Å². The average Bonchev–Trinajstić information content (AvgIpc) is 3.08. The van der Waals surface area contributed by atoms with Gasteiger partial charge in [0, 0.05) is 16.8 Å². The Balaban J connectivity index is 1.73. The molecule has 22 heavy (non-hydrogen) atoms. The Hall–Kier alpha value is -1.73. The van der Waals surface area contributed by atoms with Crippen LogP contribution in [0.1, 0.15) is 30.3 Å². The van der Waals surface area contributed by atoms with Gasteiger partial charge in [-0.15, -0.1) is 22.7 Å². The van der Waals surface area contributed by atoms with Gasteiger partial charge in [-0.2, -0.15) is 0 Å². The molecule has 0 radical (unpaired) electrons. The molecule has 3 aromatic rings. The number of thiophene rings is 1. The number of nitrogen functional groups attached to an aromatic ring is 1. The second-order valence-electron chi connectivity index (χ2n) is 5.21. The van der Waals surface area contributed by atoms with E-state index in [1.54, 1.807) is 22.2 Å². The lowest BCUT2D eigenvalue weighted by Gasteiger charge is -2.03. The van der Waals surface area contributed by atoms with Crippen molar-refractivity contribution >= 4 is 38.0 Å². The summed E-state index contributed by atoms with van der Waals surface area (Å²) in [6, 6.07) is 2.00. The molecule has 0 atom stereocenters. The van der Waals surface area contributed by atoms with E-state index in [9.17, 15) is 4.79 Å². The monoisotopic (exact) mass is 334 g/mol. The van der Waals surface area contributed by atoms with Crippen molar-refractivity contribution in [1.82, 2.24) is 14.5 Å². The molecule has 7 heteroatoms. The highest BCUT2D eigenvalue weighted by Gasteiger charge is 2.09. The van der Waals surface area contributed by atoms with Crippen LogP contribution < -0.4 is 11.3 Å². The van der Waals surface area contributed by atoms with E-state index in [-0.39, 0.29) is 5.56 Å². The number of rotatable bonds is 6. The summed E-state index contributed by atoms with van der Waals surface area (Å²) in [5.41, 5.74) is 6.67. The summed E-state index contributed by atoms with van der Waals surface area (Å²) < 4.78 is 1.69. The summed E-state index contributed by atoms with van der Waals surface area (Å²) in [6.45, 7) is 2.79. The number of fused-ring (bicyclic) bond motifs is 1. The highest BCUT2D eigenvalue weighted by atomic mass is 32.1. The lowest BCUT2D eigenvalue weighted by molar-refractivity contribution is 0.614. The first-order chi connectivity index (χ1) is 10.7. The molecule has 3 heterocycles. The Morgan fingerprint density at radius 1 is 1.36 bits per heavy atom. The van der Waals surface area contributed by atoms with Crippen LogP contribution in [0.25, 0.3) is 10.2 Å². The summed E-state index contributed by atoms with van der Waals surface area (Å²) in [7, 11) is 0. The molecule has 0 fully saturated rings. The molecule has 3 rings (SSSR count). The quantitative estimate of drug-likeness (QED) is 0.752. The van der Waals surface area contributed by atoms with Crippen molar-refractivity contribution in [2.45, 2.75) is 39.2 Å². The van der Waals surface area contributed by atoms with Crippen LogP contribution in [0, 0.1) is 0 Å². The average molecular weight is 334 g/mol. The number of nitrogens with two attached hydrogens (primary N) is 1. The second kappa shape index (κ2) is 6.58. The minimum atomic E-state index is 0.0568. The molecule has 3 aromatic heterocycles. The van der Waals surface area contributed by atoms with E-state index in [1.807, 2.05) is 11.4 Å². The van der Waals surface area contributed by atoms with E-state index < -0.39 is 0 Å². The maximum absolute atomic E-state index is 12.5. The maximum atomic E-state index is 12.5. The van der Waals surface area contributed by atoms with E-state index in [0.717, 1.165) is 41.6 Å². The zero-order valence-electron chi connectivity index (χ0n) is 12.4. The lowest BCUT2D eigenvalue weighted by atomic mass is 10.2. The van der Waals surface area contributed by atoms with Gasteiger partial charge >= 0.3 is 0 Å². The van der Waals surface area contributed by atoms with E-state index in [1.165, 1.54) is 16.2 Å². The molecular formula is C15H18N4OS2. The van der Waals surface area contributed by atoms with Crippen molar-refractivity contribution in [2.75, 3.05) is 5.73 Å². The Kier molecular flexibility index (Phi) is 4.54. The van der Waals surface area contributed by atoms with Crippen molar-refractivity contribution in [3.8, 4) is 0 Å². The second-order valence-corrected chi connectivity index (χ2v) is 7.21. The van der Waals surface area contributed by atoms with E-state index in [2.05, 4.69) is 16.9 Å². The van der Waals surface area contributed by atoms with Crippen LogP contribution >= 0.6 is 22.7 Å². The zero-order chi connectivity index (χ0) is 15.5. The van der Waals surface area contributed by atoms with E-state index in [4.69, 9.17) is 5.73 Å². The Morgan fingerprint density at radius 2 is 2.23 bits per heavy atom. The molecule has 0 aliphatic heterocycles. The smallest absolute Gasteiger partial charge is 0.262 e. The van der Waals surface area contributed by atoms with Gasteiger partial charge in [-0.25, -0.2) is 9.97 Å². The molecule has 0 aromatic carbocycles. The van der Waals surface area contributed by atoms with Crippen LogP contribution in [-0.2, 0) is 19.4 Å². The first kappa shape index (κ1) is 15.2. The largest absolute Gasteiger partial charge is 0.375 e. The van der Waals surface area contributed by atoms with Crippen LogP contribution in [0.2, 0.25) is 0 Å². The Bertz CT molecular complexity index is 834. The lowest BCUT2D eigenvalue weighted by Crippen LogP contribution is -2.20. The van der Waals surface area contributed by atoms with Gasteiger partial charge in [0.25, 0.3) is 5.56 Å². The van der Waals surface area contributed by atoms with Crippen molar-refractivity contribution < 1.29 is 0 Å². The van der Waals surface area contributed by atoms with Gasteiger partial charge in [-0.3, -0.25) is 9.36 Å². The predicted octanol–water partition coefficient (Wildman–Crippen LogP) is 3.08. The fourth-order valence-electron chi connectivity index (χ4n) is 2.41. The number of hydrogen-bond acceptors (Lipinski definition) is 6. The van der Waals surface area contributed by atoms with E-state index in [0.29, 0.717) is 11.7 Å². The number of aryl methyl sites for hydroxylation is 3. The van der Waals surface area contributed by atoms with Gasteiger partial charge in [0.05, 0.1) is 17.4 Å². The van der Waals surface area contributed by atoms with Crippen LogP contribution in [0.3, 0.4) is 0 Å². The van der Waals surface area contributed by atoms with Gasteiger partial charge in [0.2, 0.25) is 0 Å². The topological polar surface area (TPSA) is 73.8 Å². The number of nitrogens with zero attached hydrogens (tertiary/aromatic N) is 3. The number of hydrogen-bond donors (Lipinski definition) is 1. The van der Waals surface area contributed by atoms with Crippen LogP contribution in [0.4, 0.5) is 5.13 Å². The van der Waals surface area contributed by atoms with Gasteiger partial charge in [0.15, 0.2) is 5.13 Å². The van der Waals surface area contributed by atoms with Crippen LogP contribution in [-0.4, -0.2) is 14.5 Å². The molecule has 0 amide bonds.